The Morgan fingerprint density at radius 1 is 1.50 bits per heavy atom. The van der Waals surface area contributed by atoms with Gasteiger partial charge in [0, 0.05) is 25.4 Å². The number of rotatable bonds is 4. The smallest absolute Gasteiger partial charge is 0.179 e. The van der Waals surface area contributed by atoms with Gasteiger partial charge in [0.2, 0.25) is 0 Å². The molecule has 1 N–H and O–H groups in total. The van der Waals surface area contributed by atoms with Crippen LogP contribution in [0.2, 0.25) is 0 Å². The number of aromatic nitrogens is 6. The van der Waals surface area contributed by atoms with E-state index in [4.69, 9.17) is 0 Å². The molecule has 0 saturated heterocycles. The Labute approximate surface area is 92.4 Å². The minimum Gasteiger partial charge on any atom is -0.307 e. The molecule has 0 radical (unpaired) electrons. The van der Waals surface area contributed by atoms with Crippen molar-refractivity contribution < 1.29 is 0 Å². The maximum atomic E-state index is 4.27. The average molecular weight is 219 g/mol. The molecule has 1 fully saturated rings. The predicted octanol–water partition coefficient (Wildman–Crippen LogP) is -0.352. The Bertz CT molecular complexity index is 482. The molecule has 3 rings (SSSR count). The van der Waals surface area contributed by atoms with Crippen molar-refractivity contribution in [2.75, 3.05) is 0 Å². The lowest BCUT2D eigenvalue weighted by atomic mass is 10.5. The van der Waals surface area contributed by atoms with E-state index in [1.807, 2.05) is 19.3 Å². The zero-order chi connectivity index (χ0) is 11.0. The van der Waals surface area contributed by atoms with Crippen molar-refractivity contribution in [3.05, 3.63) is 18.1 Å². The SMILES string of the molecule is Cn1ccc(-n2nnnc2CNC2CC2)n1. The van der Waals surface area contributed by atoms with Crippen LogP contribution in [0.15, 0.2) is 12.3 Å². The predicted molar refractivity (Wildman–Crippen MR) is 55.8 cm³/mol. The van der Waals surface area contributed by atoms with Crippen molar-refractivity contribution in [2.24, 2.45) is 7.05 Å². The van der Waals surface area contributed by atoms with Gasteiger partial charge < -0.3 is 5.32 Å². The van der Waals surface area contributed by atoms with Crippen molar-refractivity contribution in [1.82, 2.24) is 35.3 Å². The van der Waals surface area contributed by atoms with Crippen molar-refractivity contribution in [3.8, 4) is 5.82 Å². The summed E-state index contributed by atoms with van der Waals surface area (Å²) in [5, 5.41) is 19.3. The molecule has 84 valence electrons. The van der Waals surface area contributed by atoms with Crippen LogP contribution in [0.25, 0.3) is 5.82 Å². The van der Waals surface area contributed by atoms with E-state index in [-0.39, 0.29) is 0 Å². The molecule has 2 aromatic rings. The fraction of sp³-hybridized carbons (Fsp3) is 0.556. The zero-order valence-corrected chi connectivity index (χ0v) is 9.04. The fourth-order valence-corrected chi connectivity index (χ4v) is 1.53. The molecule has 0 amide bonds. The molecule has 7 nitrogen and oxygen atoms in total. The molecule has 2 aromatic heterocycles. The fourth-order valence-electron chi connectivity index (χ4n) is 1.53. The quantitative estimate of drug-likeness (QED) is 0.760. The van der Waals surface area contributed by atoms with Gasteiger partial charge in [0.15, 0.2) is 11.6 Å². The summed E-state index contributed by atoms with van der Waals surface area (Å²) in [5.74, 6) is 1.55. The van der Waals surface area contributed by atoms with Crippen molar-refractivity contribution in [3.63, 3.8) is 0 Å². The molecule has 1 saturated carbocycles. The Hall–Kier alpha value is -1.76. The lowest BCUT2D eigenvalue weighted by Gasteiger charge is -2.01. The monoisotopic (exact) mass is 219 g/mol. The minimum absolute atomic E-state index is 0.647. The van der Waals surface area contributed by atoms with Gasteiger partial charge in [-0.05, 0) is 23.3 Å². The van der Waals surface area contributed by atoms with Crippen LogP contribution in [0, 0.1) is 0 Å². The first-order valence-electron chi connectivity index (χ1n) is 5.33. The normalized spacial score (nSPS) is 15.6. The number of nitrogens with zero attached hydrogens (tertiary/aromatic N) is 6. The molecule has 16 heavy (non-hydrogen) atoms. The lowest BCUT2D eigenvalue weighted by molar-refractivity contribution is 0.627. The lowest BCUT2D eigenvalue weighted by Crippen LogP contribution is -2.19. The van der Waals surface area contributed by atoms with Crippen molar-refractivity contribution in [2.45, 2.75) is 25.4 Å². The van der Waals surface area contributed by atoms with Gasteiger partial charge in [-0.2, -0.15) is 9.78 Å². The second kappa shape index (κ2) is 3.67. The molecule has 0 aliphatic heterocycles. The third-order valence-electron chi connectivity index (χ3n) is 2.58. The van der Waals surface area contributed by atoms with Gasteiger partial charge in [0.05, 0.1) is 6.54 Å². The van der Waals surface area contributed by atoms with Crippen LogP contribution in [-0.4, -0.2) is 36.0 Å². The van der Waals surface area contributed by atoms with Crippen LogP contribution in [-0.2, 0) is 13.6 Å². The van der Waals surface area contributed by atoms with E-state index in [0.717, 1.165) is 11.6 Å². The third kappa shape index (κ3) is 1.81. The molecule has 0 unspecified atom stereocenters. The zero-order valence-electron chi connectivity index (χ0n) is 9.04. The topological polar surface area (TPSA) is 73.5 Å². The van der Waals surface area contributed by atoms with E-state index in [0.29, 0.717) is 12.6 Å². The van der Waals surface area contributed by atoms with Gasteiger partial charge in [0.25, 0.3) is 0 Å². The summed E-state index contributed by atoms with van der Waals surface area (Å²) < 4.78 is 3.39. The standard InChI is InChI=1S/C9H13N7/c1-15-5-4-8(12-15)16-9(11-13-14-16)6-10-7-2-3-7/h4-5,7,10H,2-3,6H2,1H3. The summed E-state index contributed by atoms with van der Waals surface area (Å²) in [5.41, 5.74) is 0. The molecule has 1 aliphatic rings. The number of hydrogen-bond acceptors (Lipinski definition) is 5. The maximum Gasteiger partial charge on any atom is 0.179 e. The van der Waals surface area contributed by atoms with E-state index < -0.39 is 0 Å². The summed E-state index contributed by atoms with van der Waals surface area (Å²) in [6.07, 6.45) is 4.38. The molecule has 0 aromatic carbocycles. The number of hydrogen-bond donors (Lipinski definition) is 1. The van der Waals surface area contributed by atoms with Crippen LogP contribution in [0.1, 0.15) is 18.7 Å². The van der Waals surface area contributed by atoms with E-state index in [9.17, 15) is 0 Å². The molecule has 1 aliphatic carbocycles. The second-order valence-electron chi connectivity index (χ2n) is 4.01. The summed E-state index contributed by atoms with van der Waals surface area (Å²) in [6, 6.07) is 2.53. The van der Waals surface area contributed by atoms with Crippen LogP contribution in [0.4, 0.5) is 0 Å². The highest BCUT2D eigenvalue weighted by Gasteiger charge is 2.21. The molecular formula is C9H13N7. The molecule has 2 heterocycles. The Kier molecular flexibility index (Phi) is 2.17. The molecular weight excluding hydrogens is 206 g/mol. The number of aryl methyl sites for hydroxylation is 1. The molecule has 0 atom stereocenters. The maximum absolute atomic E-state index is 4.27. The number of tetrazole rings is 1. The van der Waals surface area contributed by atoms with Gasteiger partial charge in [-0.1, -0.05) is 0 Å². The third-order valence-corrected chi connectivity index (χ3v) is 2.58. The molecule has 0 bridgehead atoms. The Morgan fingerprint density at radius 3 is 3.06 bits per heavy atom. The largest absolute Gasteiger partial charge is 0.307 e. The van der Waals surface area contributed by atoms with Gasteiger partial charge in [0.1, 0.15) is 0 Å². The summed E-state index contributed by atoms with van der Waals surface area (Å²) in [7, 11) is 1.87. The van der Waals surface area contributed by atoms with Gasteiger partial charge in [-0.25, -0.2) is 0 Å². The van der Waals surface area contributed by atoms with E-state index in [1.54, 1.807) is 9.36 Å². The second-order valence-corrected chi connectivity index (χ2v) is 4.01. The Balaban J connectivity index is 1.80. The average Bonchev–Trinajstić information content (AvgIpc) is 2.82. The Morgan fingerprint density at radius 2 is 2.38 bits per heavy atom. The van der Waals surface area contributed by atoms with E-state index in [1.165, 1.54) is 12.8 Å². The van der Waals surface area contributed by atoms with Crippen LogP contribution in [0.3, 0.4) is 0 Å². The van der Waals surface area contributed by atoms with Crippen LogP contribution in [0.5, 0.6) is 0 Å². The van der Waals surface area contributed by atoms with Crippen molar-refractivity contribution in [1.29, 1.82) is 0 Å². The first-order valence-corrected chi connectivity index (χ1v) is 5.33. The van der Waals surface area contributed by atoms with Gasteiger partial charge >= 0.3 is 0 Å². The summed E-state index contributed by atoms with van der Waals surface area (Å²) in [4.78, 5) is 0. The van der Waals surface area contributed by atoms with Crippen molar-refractivity contribution >= 4 is 0 Å². The highest BCUT2D eigenvalue weighted by atomic mass is 15.6. The molecule has 0 spiro atoms. The van der Waals surface area contributed by atoms with Gasteiger partial charge in [-0.15, -0.1) is 5.10 Å². The summed E-state index contributed by atoms with van der Waals surface area (Å²) >= 11 is 0. The highest BCUT2D eigenvalue weighted by Crippen LogP contribution is 2.19. The first-order chi connectivity index (χ1) is 7.83. The number of nitrogens with one attached hydrogen (secondary N) is 1. The molecule has 7 heteroatoms. The van der Waals surface area contributed by atoms with Crippen LogP contribution < -0.4 is 5.32 Å². The summed E-state index contributed by atoms with van der Waals surface area (Å²) in [6.45, 7) is 0.689. The van der Waals surface area contributed by atoms with Gasteiger partial charge in [-0.3, -0.25) is 4.68 Å². The minimum atomic E-state index is 0.647. The first kappa shape index (κ1) is 9.46. The van der Waals surface area contributed by atoms with Crippen LogP contribution >= 0.6 is 0 Å². The van der Waals surface area contributed by atoms with E-state index in [2.05, 4.69) is 25.9 Å². The van der Waals surface area contributed by atoms with E-state index >= 15 is 0 Å². The highest BCUT2D eigenvalue weighted by molar-refractivity contribution is 5.18.